The molecule has 0 spiro atoms. The molecule has 3 rings (SSSR count). The zero-order valence-electron chi connectivity index (χ0n) is 11.5. The van der Waals surface area contributed by atoms with Gasteiger partial charge in [-0.1, -0.05) is 63.3 Å². The van der Waals surface area contributed by atoms with Gasteiger partial charge in [0.05, 0.1) is 0 Å². The molecule has 0 heterocycles. The monoisotopic (exact) mass is 236 g/mol. The Morgan fingerprint density at radius 2 is 1.72 bits per heavy atom. The predicted molar refractivity (Wildman–Crippen MR) is 80.0 cm³/mol. The standard InChI is InChI=1S/C18H20/c1-18(2,3)17-12-13-8-4-5-9-14(13)15-10-6-7-11-16(15)17/h5-7,9-12H,4,8H2,1-3H3. The Kier molecular flexibility index (Phi) is 2.55. The van der Waals surface area contributed by atoms with Crippen LogP contribution in [0.15, 0.2) is 36.4 Å². The second-order valence-corrected chi connectivity index (χ2v) is 6.23. The van der Waals surface area contributed by atoms with Crippen LogP contribution < -0.4 is 0 Å². The third-order valence-corrected chi connectivity index (χ3v) is 3.84. The molecule has 1 aliphatic rings. The van der Waals surface area contributed by atoms with Crippen molar-refractivity contribution < 1.29 is 0 Å². The summed E-state index contributed by atoms with van der Waals surface area (Å²) >= 11 is 0. The quantitative estimate of drug-likeness (QED) is 0.597. The summed E-state index contributed by atoms with van der Waals surface area (Å²) in [7, 11) is 0. The lowest BCUT2D eigenvalue weighted by molar-refractivity contribution is 0.595. The van der Waals surface area contributed by atoms with Crippen LogP contribution in [0.5, 0.6) is 0 Å². The van der Waals surface area contributed by atoms with E-state index in [1.54, 1.807) is 0 Å². The van der Waals surface area contributed by atoms with Gasteiger partial charge in [-0.25, -0.2) is 0 Å². The minimum Gasteiger partial charge on any atom is -0.0836 e. The largest absolute Gasteiger partial charge is 0.0836 e. The number of benzene rings is 2. The van der Waals surface area contributed by atoms with E-state index in [0.29, 0.717) is 0 Å². The third-order valence-electron chi connectivity index (χ3n) is 3.84. The molecule has 18 heavy (non-hydrogen) atoms. The van der Waals surface area contributed by atoms with Crippen LogP contribution in [0, 0.1) is 0 Å². The molecule has 0 N–H and O–H groups in total. The van der Waals surface area contributed by atoms with Gasteiger partial charge in [0.15, 0.2) is 0 Å². The maximum absolute atomic E-state index is 2.43. The van der Waals surface area contributed by atoms with Gasteiger partial charge in [-0.15, -0.1) is 0 Å². The van der Waals surface area contributed by atoms with E-state index < -0.39 is 0 Å². The van der Waals surface area contributed by atoms with Crippen molar-refractivity contribution in [3.05, 3.63) is 53.1 Å². The number of fused-ring (bicyclic) bond motifs is 3. The van der Waals surface area contributed by atoms with Crippen molar-refractivity contribution in [1.82, 2.24) is 0 Å². The first-order chi connectivity index (χ1) is 8.57. The van der Waals surface area contributed by atoms with Crippen LogP contribution in [0.4, 0.5) is 0 Å². The molecule has 0 unspecified atom stereocenters. The van der Waals surface area contributed by atoms with E-state index in [1.165, 1.54) is 40.3 Å². The molecule has 0 bridgehead atoms. The highest BCUT2D eigenvalue weighted by Gasteiger charge is 2.20. The summed E-state index contributed by atoms with van der Waals surface area (Å²) in [5.74, 6) is 0. The van der Waals surface area contributed by atoms with Gasteiger partial charge < -0.3 is 0 Å². The SMILES string of the molecule is CC(C)(C)c1cc2c(c3ccccc13)C=CCC2. The number of hydrogen-bond donors (Lipinski definition) is 0. The van der Waals surface area contributed by atoms with Crippen molar-refractivity contribution >= 4 is 16.8 Å². The van der Waals surface area contributed by atoms with E-state index in [9.17, 15) is 0 Å². The van der Waals surface area contributed by atoms with Gasteiger partial charge in [0, 0.05) is 0 Å². The number of allylic oxidation sites excluding steroid dienone is 1. The fourth-order valence-corrected chi connectivity index (χ4v) is 2.92. The van der Waals surface area contributed by atoms with Crippen LogP contribution >= 0.6 is 0 Å². The van der Waals surface area contributed by atoms with E-state index in [1.807, 2.05) is 0 Å². The van der Waals surface area contributed by atoms with Crippen LogP contribution in [0.3, 0.4) is 0 Å². The van der Waals surface area contributed by atoms with Crippen LogP contribution in [-0.4, -0.2) is 0 Å². The fourth-order valence-electron chi connectivity index (χ4n) is 2.92. The van der Waals surface area contributed by atoms with Gasteiger partial charge in [0.2, 0.25) is 0 Å². The molecule has 0 nitrogen and oxygen atoms in total. The minimum absolute atomic E-state index is 0.204. The van der Waals surface area contributed by atoms with Crippen molar-refractivity contribution in [1.29, 1.82) is 0 Å². The summed E-state index contributed by atoms with van der Waals surface area (Å²) in [5, 5.41) is 2.83. The van der Waals surface area contributed by atoms with Crippen molar-refractivity contribution in [2.45, 2.75) is 39.0 Å². The molecule has 1 aliphatic carbocycles. The van der Waals surface area contributed by atoms with E-state index in [2.05, 4.69) is 63.3 Å². The van der Waals surface area contributed by atoms with Crippen LogP contribution in [0.25, 0.3) is 16.8 Å². The predicted octanol–water partition coefficient (Wildman–Crippen LogP) is 5.10. The lowest BCUT2D eigenvalue weighted by Crippen LogP contribution is -2.13. The first-order valence-electron chi connectivity index (χ1n) is 6.79. The maximum Gasteiger partial charge on any atom is -0.0106 e. The normalized spacial score (nSPS) is 14.8. The average molecular weight is 236 g/mol. The molecular weight excluding hydrogens is 216 g/mol. The zero-order valence-corrected chi connectivity index (χ0v) is 11.5. The first-order valence-corrected chi connectivity index (χ1v) is 6.79. The van der Waals surface area contributed by atoms with E-state index in [0.717, 1.165) is 0 Å². The number of aryl methyl sites for hydroxylation is 1. The van der Waals surface area contributed by atoms with Crippen molar-refractivity contribution in [3.8, 4) is 0 Å². The smallest absolute Gasteiger partial charge is 0.0106 e. The molecule has 0 aromatic heterocycles. The van der Waals surface area contributed by atoms with Crippen molar-refractivity contribution in [2.24, 2.45) is 0 Å². The molecule has 0 saturated heterocycles. The van der Waals surface area contributed by atoms with Gasteiger partial charge in [0.1, 0.15) is 0 Å². The topological polar surface area (TPSA) is 0 Å². The summed E-state index contributed by atoms with van der Waals surface area (Å²) in [5.41, 5.74) is 4.63. The van der Waals surface area contributed by atoms with Crippen LogP contribution in [-0.2, 0) is 11.8 Å². The molecular formula is C18H20. The zero-order chi connectivity index (χ0) is 12.8. The van der Waals surface area contributed by atoms with Gasteiger partial charge in [0.25, 0.3) is 0 Å². The summed E-state index contributed by atoms with van der Waals surface area (Å²) in [6, 6.07) is 11.3. The minimum atomic E-state index is 0.204. The summed E-state index contributed by atoms with van der Waals surface area (Å²) in [6.07, 6.45) is 6.95. The fraction of sp³-hybridized carbons (Fsp3) is 0.333. The Morgan fingerprint density at radius 1 is 1.00 bits per heavy atom. The Labute approximate surface area is 109 Å². The molecule has 0 atom stereocenters. The Morgan fingerprint density at radius 3 is 2.44 bits per heavy atom. The van der Waals surface area contributed by atoms with Gasteiger partial charge in [-0.05, 0) is 45.7 Å². The highest BCUT2D eigenvalue weighted by molar-refractivity contribution is 5.95. The summed E-state index contributed by atoms with van der Waals surface area (Å²) in [6.45, 7) is 6.92. The molecule has 0 aliphatic heterocycles. The lowest BCUT2D eigenvalue weighted by atomic mass is 9.79. The van der Waals surface area contributed by atoms with Crippen LogP contribution in [0.1, 0.15) is 43.9 Å². The van der Waals surface area contributed by atoms with Gasteiger partial charge >= 0.3 is 0 Å². The van der Waals surface area contributed by atoms with Crippen LogP contribution in [0.2, 0.25) is 0 Å². The number of hydrogen-bond acceptors (Lipinski definition) is 0. The van der Waals surface area contributed by atoms with Gasteiger partial charge in [-0.2, -0.15) is 0 Å². The summed E-state index contributed by atoms with van der Waals surface area (Å²) in [4.78, 5) is 0. The highest BCUT2D eigenvalue weighted by atomic mass is 14.2. The molecule has 2 aromatic rings. The van der Waals surface area contributed by atoms with E-state index in [4.69, 9.17) is 0 Å². The first kappa shape index (κ1) is 11.5. The molecule has 0 amide bonds. The van der Waals surface area contributed by atoms with E-state index >= 15 is 0 Å². The molecule has 0 saturated carbocycles. The van der Waals surface area contributed by atoms with E-state index in [-0.39, 0.29) is 5.41 Å². The highest BCUT2D eigenvalue weighted by Crippen LogP contribution is 2.36. The summed E-state index contributed by atoms with van der Waals surface area (Å²) < 4.78 is 0. The average Bonchev–Trinajstić information content (AvgIpc) is 2.37. The lowest BCUT2D eigenvalue weighted by Gasteiger charge is -2.25. The Balaban J connectivity index is 2.42. The molecule has 0 radical (unpaired) electrons. The second-order valence-electron chi connectivity index (χ2n) is 6.23. The Bertz CT molecular complexity index is 624. The molecule has 92 valence electrons. The second kappa shape index (κ2) is 3.98. The van der Waals surface area contributed by atoms with Crippen molar-refractivity contribution in [3.63, 3.8) is 0 Å². The van der Waals surface area contributed by atoms with Crippen molar-refractivity contribution in [2.75, 3.05) is 0 Å². The molecule has 0 heteroatoms. The van der Waals surface area contributed by atoms with Gasteiger partial charge in [-0.3, -0.25) is 0 Å². The molecule has 2 aromatic carbocycles. The Hall–Kier alpha value is -1.56. The molecule has 0 fully saturated rings. The maximum atomic E-state index is 2.43. The third kappa shape index (κ3) is 1.77. The number of rotatable bonds is 0.